The van der Waals surface area contributed by atoms with E-state index < -0.39 is 0 Å². The van der Waals surface area contributed by atoms with Crippen LogP contribution in [-0.4, -0.2) is 12.5 Å². The lowest BCUT2D eigenvalue weighted by Crippen LogP contribution is -2.34. The Kier molecular flexibility index (Phi) is 4.36. The molecule has 0 aliphatic carbocycles. The van der Waals surface area contributed by atoms with Crippen LogP contribution in [0.25, 0.3) is 0 Å². The van der Waals surface area contributed by atoms with Crippen molar-refractivity contribution in [3.8, 4) is 0 Å². The van der Waals surface area contributed by atoms with Crippen LogP contribution in [-0.2, 0) is 4.79 Å². The van der Waals surface area contributed by atoms with E-state index in [0.717, 1.165) is 11.3 Å². The fraction of sp³-hybridized carbons (Fsp3) is 0.267. The minimum atomic E-state index is -0.335. The molecule has 1 amide bonds. The summed E-state index contributed by atoms with van der Waals surface area (Å²) in [6.07, 6.45) is 1.59. The van der Waals surface area contributed by atoms with Crippen LogP contribution in [0.5, 0.6) is 0 Å². The third-order valence-corrected chi connectivity index (χ3v) is 3.08. The van der Waals surface area contributed by atoms with Crippen LogP contribution < -0.4 is 11.1 Å². The molecule has 4 heteroatoms. The molecule has 0 aliphatic rings. The number of nitrogens with two attached hydrogens (primary N) is 1. The molecule has 0 saturated heterocycles. The minimum absolute atomic E-state index is 0.0856. The average Bonchev–Trinajstić information content (AvgIpc) is 2.94. The van der Waals surface area contributed by atoms with Gasteiger partial charge in [-0.25, -0.2) is 0 Å². The summed E-state index contributed by atoms with van der Waals surface area (Å²) in [4.78, 5) is 12.2. The van der Waals surface area contributed by atoms with Gasteiger partial charge >= 0.3 is 0 Å². The third kappa shape index (κ3) is 3.23. The van der Waals surface area contributed by atoms with Crippen molar-refractivity contribution in [1.29, 1.82) is 0 Å². The van der Waals surface area contributed by atoms with Crippen LogP contribution in [0.1, 0.15) is 30.2 Å². The zero-order valence-corrected chi connectivity index (χ0v) is 10.9. The van der Waals surface area contributed by atoms with E-state index in [1.54, 1.807) is 12.3 Å². The molecule has 3 N–H and O–H groups in total. The zero-order chi connectivity index (χ0) is 13.7. The summed E-state index contributed by atoms with van der Waals surface area (Å²) in [5.74, 6) is 0.313. The Labute approximate surface area is 112 Å². The molecular formula is C15H18N2O2. The largest absolute Gasteiger partial charge is 0.467 e. The number of carbonyl (C=O) groups is 1. The van der Waals surface area contributed by atoms with Gasteiger partial charge in [0.15, 0.2) is 0 Å². The molecule has 2 atom stereocenters. The Morgan fingerprint density at radius 2 is 2.00 bits per heavy atom. The standard InChI is InChI=1S/C15H18N2O2/c1-11(14-8-5-9-19-14)17-15(18)13(10-16)12-6-3-2-4-7-12/h2-9,11,13H,10,16H2,1H3,(H,17,18). The lowest BCUT2D eigenvalue weighted by Gasteiger charge is -2.18. The third-order valence-electron chi connectivity index (χ3n) is 3.08. The molecule has 0 spiro atoms. The molecule has 2 aromatic rings. The maximum atomic E-state index is 12.2. The molecule has 0 bridgehead atoms. The van der Waals surface area contributed by atoms with Crippen molar-refractivity contribution in [2.45, 2.75) is 18.9 Å². The number of nitrogens with one attached hydrogen (secondary N) is 1. The highest BCUT2D eigenvalue weighted by Gasteiger charge is 2.21. The molecule has 100 valence electrons. The van der Waals surface area contributed by atoms with Gasteiger partial charge in [-0.3, -0.25) is 4.79 Å². The second-order valence-electron chi connectivity index (χ2n) is 4.44. The molecule has 19 heavy (non-hydrogen) atoms. The Morgan fingerprint density at radius 1 is 1.26 bits per heavy atom. The van der Waals surface area contributed by atoms with Crippen LogP contribution in [0.2, 0.25) is 0 Å². The molecule has 4 nitrogen and oxygen atoms in total. The second kappa shape index (κ2) is 6.20. The normalized spacial score (nSPS) is 13.8. The molecule has 0 saturated carbocycles. The maximum absolute atomic E-state index is 12.2. The number of furan rings is 1. The Morgan fingerprint density at radius 3 is 2.58 bits per heavy atom. The van der Waals surface area contributed by atoms with Crippen LogP contribution in [0, 0.1) is 0 Å². The van der Waals surface area contributed by atoms with E-state index in [-0.39, 0.29) is 24.4 Å². The smallest absolute Gasteiger partial charge is 0.229 e. The summed E-state index contributed by atoms with van der Waals surface area (Å²) >= 11 is 0. The van der Waals surface area contributed by atoms with Gasteiger partial charge < -0.3 is 15.5 Å². The molecular weight excluding hydrogens is 240 g/mol. The summed E-state index contributed by atoms with van der Waals surface area (Å²) in [5, 5.41) is 2.92. The van der Waals surface area contributed by atoms with Crippen molar-refractivity contribution in [2.75, 3.05) is 6.54 Å². The molecule has 0 aliphatic heterocycles. The number of carbonyl (C=O) groups excluding carboxylic acids is 1. The summed E-state index contributed by atoms with van der Waals surface area (Å²) in [6.45, 7) is 2.16. The van der Waals surface area contributed by atoms with Crippen molar-refractivity contribution in [1.82, 2.24) is 5.32 Å². The van der Waals surface area contributed by atoms with Crippen molar-refractivity contribution in [3.63, 3.8) is 0 Å². The minimum Gasteiger partial charge on any atom is -0.467 e. The van der Waals surface area contributed by atoms with Gasteiger partial charge in [0, 0.05) is 6.54 Å². The van der Waals surface area contributed by atoms with Gasteiger partial charge in [-0.2, -0.15) is 0 Å². The van der Waals surface area contributed by atoms with Crippen LogP contribution in [0.15, 0.2) is 53.1 Å². The van der Waals surface area contributed by atoms with Crippen LogP contribution in [0.3, 0.4) is 0 Å². The first-order chi connectivity index (χ1) is 9.22. The molecule has 0 fully saturated rings. The fourth-order valence-corrected chi connectivity index (χ4v) is 2.00. The van der Waals surface area contributed by atoms with Gasteiger partial charge in [0.1, 0.15) is 5.76 Å². The highest BCUT2D eigenvalue weighted by atomic mass is 16.3. The summed E-state index contributed by atoms with van der Waals surface area (Å²) in [7, 11) is 0. The molecule has 1 aromatic heterocycles. The molecule has 2 unspecified atom stereocenters. The van der Waals surface area contributed by atoms with E-state index in [1.807, 2.05) is 43.3 Å². The van der Waals surface area contributed by atoms with E-state index in [1.165, 1.54) is 0 Å². The van der Waals surface area contributed by atoms with Gasteiger partial charge in [-0.05, 0) is 24.6 Å². The predicted octanol–water partition coefficient (Wildman–Crippen LogP) is 2.20. The first-order valence-electron chi connectivity index (χ1n) is 6.31. The van der Waals surface area contributed by atoms with Gasteiger partial charge in [0.2, 0.25) is 5.91 Å². The fourth-order valence-electron chi connectivity index (χ4n) is 2.00. The summed E-state index contributed by atoms with van der Waals surface area (Å²) in [5.41, 5.74) is 6.64. The first-order valence-corrected chi connectivity index (χ1v) is 6.31. The molecule has 1 heterocycles. The van der Waals surface area contributed by atoms with Gasteiger partial charge in [-0.15, -0.1) is 0 Å². The predicted molar refractivity (Wildman–Crippen MR) is 73.5 cm³/mol. The quantitative estimate of drug-likeness (QED) is 0.863. The lowest BCUT2D eigenvalue weighted by molar-refractivity contribution is -0.123. The molecule has 2 rings (SSSR count). The van der Waals surface area contributed by atoms with E-state index in [2.05, 4.69) is 5.32 Å². The first kappa shape index (κ1) is 13.4. The van der Waals surface area contributed by atoms with E-state index in [9.17, 15) is 4.79 Å². The van der Waals surface area contributed by atoms with Crippen molar-refractivity contribution in [2.24, 2.45) is 5.73 Å². The van der Waals surface area contributed by atoms with Crippen LogP contribution in [0.4, 0.5) is 0 Å². The van der Waals surface area contributed by atoms with E-state index >= 15 is 0 Å². The Balaban J connectivity index is 2.06. The van der Waals surface area contributed by atoms with E-state index in [0.29, 0.717) is 0 Å². The number of amides is 1. The van der Waals surface area contributed by atoms with Gasteiger partial charge in [0.05, 0.1) is 18.2 Å². The van der Waals surface area contributed by atoms with Crippen molar-refractivity contribution in [3.05, 3.63) is 60.1 Å². The number of hydrogen-bond donors (Lipinski definition) is 2. The molecule has 1 aromatic carbocycles. The van der Waals surface area contributed by atoms with Crippen LogP contribution >= 0.6 is 0 Å². The highest BCUT2D eigenvalue weighted by Crippen LogP contribution is 2.18. The summed E-state index contributed by atoms with van der Waals surface area (Å²) < 4.78 is 5.27. The van der Waals surface area contributed by atoms with Gasteiger partial charge in [0.25, 0.3) is 0 Å². The SMILES string of the molecule is CC(NC(=O)C(CN)c1ccccc1)c1ccco1. The van der Waals surface area contributed by atoms with Crippen molar-refractivity contribution < 1.29 is 9.21 Å². The second-order valence-corrected chi connectivity index (χ2v) is 4.44. The average molecular weight is 258 g/mol. The Hall–Kier alpha value is -2.07. The number of rotatable bonds is 5. The topological polar surface area (TPSA) is 68.3 Å². The van der Waals surface area contributed by atoms with Gasteiger partial charge in [-0.1, -0.05) is 30.3 Å². The highest BCUT2D eigenvalue weighted by molar-refractivity contribution is 5.84. The number of benzene rings is 1. The van der Waals surface area contributed by atoms with E-state index in [4.69, 9.17) is 10.2 Å². The maximum Gasteiger partial charge on any atom is 0.229 e. The monoisotopic (exact) mass is 258 g/mol. The molecule has 0 radical (unpaired) electrons. The zero-order valence-electron chi connectivity index (χ0n) is 10.9. The number of hydrogen-bond acceptors (Lipinski definition) is 3. The summed E-state index contributed by atoms with van der Waals surface area (Å²) in [6, 6.07) is 13.0. The lowest BCUT2D eigenvalue weighted by atomic mass is 9.98. The Bertz CT molecular complexity index is 508. The van der Waals surface area contributed by atoms with Crippen molar-refractivity contribution >= 4 is 5.91 Å².